The summed E-state index contributed by atoms with van der Waals surface area (Å²) < 4.78 is 27.2. The van der Waals surface area contributed by atoms with E-state index in [-0.39, 0.29) is 11.4 Å². The summed E-state index contributed by atoms with van der Waals surface area (Å²) in [5.74, 6) is -2.07. The highest BCUT2D eigenvalue weighted by Crippen LogP contribution is 2.27. The van der Waals surface area contributed by atoms with E-state index in [1.807, 2.05) is 0 Å². The van der Waals surface area contributed by atoms with Crippen LogP contribution in [0.5, 0.6) is 0 Å². The molecule has 0 bridgehead atoms. The van der Waals surface area contributed by atoms with E-state index in [4.69, 9.17) is 0 Å². The van der Waals surface area contributed by atoms with Gasteiger partial charge >= 0.3 is 0 Å². The molecule has 7 nitrogen and oxygen atoms in total. The fourth-order valence-electron chi connectivity index (χ4n) is 2.52. The maximum Gasteiger partial charge on any atom is 0.285 e. The highest BCUT2D eigenvalue weighted by Gasteiger charge is 2.22. The molecule has 0 saturated carbocycles. The van der Waals surface area contributed by atoms with Gasteiger partial charge in [-0.2, -0.15) is 5.10 Å². The van der Waals surface area contributed by atoms with Crippen molar-refractivity contribution in [2.45, 2.75) is 6.92 Å². The van der Waals surface area contributed by atoms with E-state index in [1.165, 1.54) is 12.1 Å². The Balaban J connectivity index is 1.89. The molecule has 3 rings (SSSR count). The maximum absolute atomic E-state index is 14.0. The first-order valence-corrected chi connectivity index (χ1v) is 7.43. The van der Waals surface area contributed by atoms with E-state index in [9.17, 15) is 23.7 Å². The van der Waals surface area contributed by atoms with Crippen molar-refractivity contribution in [1.82, 2.24) is 10.2 Å². The number of hydrogen-bond acceptors (Lipinski definition) is 4. The van der Waals surface area contributed by atoms with Crippen LogP contribution in [0.25, 0.3) is 11.3 Å². The third-order valence-electron chi connectivity index (χ3n) is 3.71. The Morgan fingerprint density at radius 3 is 2.69 bits per heavy atom. The van der Waals surface area contributed by atoms with E-state index in [0.29, 0.717) is 22.9 Å². The lowest BCUT2D eigenvalue weighted by Gasteiger charge is -2.04. The fraction of sp³-hybridized carbons (Fsp3) is 0.0588. The van der Waals surface area contributed by atoms with E-state index in [1.54, 1.807) is 19.1 Å². The molecule has 0 fully saturated rings. The van der Waals surface area contributed by atoms with E-state index in [0.717, 1.165) is 12.1 Å². The molecule has 0 aliphatic carbocycles. The summed E-state index contributed by atoms with van der Waals surface area (Å²) in [5, 5.41) is 19.8. The zero-order valence-corrected chi connectivity index (χ0v) is 13.4. The minimum Gasteiger partial charge on any atom is -0.305 e. The molecule has 132 valence electrons. The van der Waals surface area contributed by atoms with Crippen molar-refractivity contribution in [3.63, 3.8) is 0 Å². The Labute approximate surface area is 145 Å². The third-order valence-corrected chi connectivity index (χ3v) is 3.71. The Kier molecular flexibility index (Phi) is 4.44. The smallest absolute Gasteiger partial charge is 0.285 e. The summed E-state index contributed by atoms with van der Waals surface area (Å²) in [4.78, 5) is 22.4. The lowest BCUT2D eigenvalue weighted by molar-refractivity contribution is -0.385. The Morgan fingerprint density at radius 1 is 1.23 bits per heavy atom. The van der Waals surface area contributed by atoms with Crippen molar-refractivity contribution < 1.29 is 18.5 Å². The van der Waals surface area contributed by atoms with Crippen LogP contribution in [-0.4, -0.2) is 21.0 Å². The standard InChI is InChI=1S/C17H12F2N4O3/c1-9-3-2-4-12(19)16(9)13-8-15(22-21-13)20-17(24)11-6-5-10(18)7-14(11)23(25)26/h2-8H,1H3,(H2,20,21,22,24). The quantitative estimate of drug-likeness (QED) is 0.547. The minimum atomic E-state index is -0.851. The number of nitro benzene ring substituents is 1. The Morgan fingerprint density at radius 2 is 2.00 bits per heavy atom. The average molecular weight is 358 g/mol. The van der Waals surface area contributed by atoms with Crippen molar-refractivity contribution in [3.8, 4) is 11.3 Å². The largest absolute Gasteiger partial charge is 0.305 e. The molecule has 0 unspecified atom stereocenters. The van der Waals surface area contributed by atoms with Crippen molar-refractivity contribution in [2.75, 3.05) is 5.32 Å². The van der Waals surface area contributed by atoms with Gasteiger partial charge in [0.25, 0.3) is 11.6 Å². The molecule has 0 aliphatic heterocycles. The number of carbonyl (C=O) groups is 1. The van der Waals surface area contributed by atoms with Gasteiger partial charge in [-0.05, 0) is 30.7 Å². The number of rotatable bonds is 4. The first-order chi connectivity index (χ1) is 12.4. The van der Waals surface area contributed by atoms with Crippen LogP contribution in [0.4, 0.5) is 20.3 Å². The number of halogens is 2. The number of anilines is 1. The summed E-state index contributed by atoms with van der Waals surface area (Å²) >= 11 is 0. The van der Waals surface area contributed by atoms with Crippen molar-refractivity contribution >= 4 is 17.4 Å². The van der Waals surface area contributed by atoms with Crippen LogP contribution in [0.2, 0.25) is 0 Å². The van der Waals surface area contributed by atoms with Gasteiger partial charge in [0.15, 0.2) is 5.82 Å². The number of H-pyrrole nitrogens is 1. The number of nitrogens with zero attached hydrogens (tertiary/aromatic N) is 2. The van der Waals surface area contributed by atoms with Gasteiger partial charge in [0.1, 0.15) is 17.2 Å². The number of nitro groups is 1. The number of carbonyl (C=O) groups excluding carboxylic acids is 1. The number of benzene rings is 2. The SMILES string of the molecule is Cc1cccc(F)c1-c1cc(NC(=O)c2ccc(F)cc2[N+](=O)[O-])n[nH]1. The molecule has 0 aliphatic rings. The Hall–Kier alpha value is -3.62. The number of amides is 1. The zero-order valence-electron chi connectivity index (χ0n) is 13.4. The molecule has 0 spiro atoms. The predicted octanol–water partition coefficient (Wildman–Crippen LogP) is 3.82. The van der Waals surface area contributed by atoms with Crippen LogP contribution < -0.4 is 5.32 Å². The number of aromatic amines is 1. The zero-order chi connectivity index (χ0) is 18.8. The molecule has 9 heteroatoms. The van der Waals surface area contributed by atoms with E-state index >= 15 is 0 Å². The van der Waals surface area contributed by atoms with Gasteiger partial charge < -0.3 is 5.32 Å². The molecule has 1 amide bonds. The predicted molar refractivity (Wildman–Crippen MR) is 89.7 cm³/mol. The van der Waals surface area contributed by atoms with Gasteiger partial charge in [-0.15, -0.1) is 0 Å². The second-order valence-corrected chi connectivity index (χ2v) is 5.47. The van der Waals surface area contributed by atoms with Gasteiger partial charge in [0.05, 0.1) is 16.7 Å². The number of aromatic nitrogens is 2. The summed E-state index contributed by atoms with van der Waals surface area (Å²) in [5.41, 5.74) is 0.324. The van der Waals surface area contributed by atoms with Crippen LogP contribution in [-0.2, 0) is 0 Å². The summed E-state index contributed by atoms with van der Waals surface area (Å²) in [7, 11) is 0. The van der Waals surface area contributed by atoms with Crippen molar-refractivity contribution in [3.05, 3.63) is 75.3 Å². The lowest BCUT2D eigenvalue weighted by Crippen LogP contribution is -2.14. The molecular formula is C17H12F2N4O3. The monoisotopic (exact) mass is 358 g/mol. The lowest BCUT2D eigenvalue weighted by atomic mass is 10.1. The first kappa shape index (κ1) is 17.2. The fourth-order valence-corrected chi connectivity index (χ4v) is 2.52. The highest BCUT2D eigenvalue weighted by molar-refractivity contribution is 6.06. The molecule has 2 aromatic carbocycles. The molecule has 0 radical (unpaired) electrons. The molecule has 26 heavy (non-hydrogen) atoms. The highest BCUT2D eigenvalue weighted by atomic mass is 19.1. The Bertz CT molecular complexity index is 997. The maximum atomic E-state index is 14.0. The molecule has 1 heterocycles. The van der Waals surface area contributed by atoms with Gasteiger partial charge in [-0.25, -0.2) is 8.78 Å². The number of aryl methyl sites for hydroxylation is 1. The van der Waals surface area contributed by atoms with Crippen molar-refractivity contribution in [2.24, 2.45) is 0 Å². The third kappa shape index (κ3) is 3.27. The summed E-state index contributed by atoms with van der Waals surface area (Å²) in [6.45, 7) is 1.72. The normalized spacial score (nSPS) is 10.6. The first-order valence-electron chi connectivity index (χ1n) is 7.43. The van der Waals surface area contributed by atoms with Crippen LogP contribution in [0.3, 0.4) is 0 Å². The summed E-state index contributed by atoms with van der Waals surface area (Å²) in [6.07, 6.45) is 0. The molecule has 0 saturated heterocycles. The average Bonchev–Trinajstić information content (AvgIpc) is 3.02. The van der Waals surface area contributed by atoms with Crippen LogP contribution in [0.15, 0.2) is 42.5 Å². The molecule has 0 atom stereocenters. The molecule has 1 aromatic heterocycles. The molecule has 3 aromatic rings. The topological polar surface area (TPSA) is 101 Å². The van der Waals surface area contributed by atoms with Crippen molar-refractivity contribution in [1.29, 1.82) is 0 Å². The number of nitrogens with one attached hydrogen (secondary N) is 2. The van der Waals surface area contributed by atoms with Crippen LogP contribution in [0, 0.1) is 28.7 Å². The molecular weight excluding hydrogens is 346 g/mol. The second kappa shape index (κ2) is 6.71. The van der Waals surface area contributed by atoms with Gasteiger partial charge in [0, 0.05) is 11.6 Å². The van der Waals surface area contributed by atoms with Gasteiger partial charge in [-0.1, -0.05) is 12.1 Å². The van der Waals surface area contributed by atoms with Crippen LogP contribution in [0.1, 0.15) is 15.9 Å². The minimum absolute atomic E-state index is 0.0475. The van der Waals surface area contributed by atoms with Gasteiger partial charge in [0.2, 0.25) is 0 Å². The second-order valence-electron chi connectivity index (χ2n) is 5.47. The van der Waals surface area contributed by atoms with Gasteiger partial charge in [-0.3, -0.25) is 20.0 Å². The van der Waals surface area contributed by atoms with E-state index < -0.39 is 28.2 Å². The summed E-state index contributed by atoms with van der Waals surface area (Å²) in [6, 6.07) is 8.60. The van der Waals surface area contributed by atoms with E-state index in [2.05, 4.69) is 15.5 Å². The molecule has 2 N–H and O–H groups in total. The van der Waals surface area contributed by atoms with Crippen LogP contribution >= 0.6 is 0 Å². The number of hydrogen-bond donors (Lipinski definition) is 2.